The summed E-state index contributed by atoms with van der Waals surface area (Å²) in [6.45, 7) is 5.95. The highest BCUT2D eigenvalue weighted by Crippen LogP contribution is 2.31. The summed E-state index contributed by atoms with van der Waals surface area (Å²) < 4.78 is 6.14. The first-order chi connectivity index (χ1) is 11.8. The second kappa shape index (κ2) is 7.17. The summed E-state index contributed by atoms with van der Waals surface area (Å²) >= 11 is 1.76. The molecule has 0 unspecified atom stereocenters. The van der Waals surface area contributed by atoms with E-state index in [0.29, 0.717) is 5.92 Å². The van der Waals surface area contributed by atoms with Gasteiger partial charge < -0.3 is 10.1 Å². The van der Waals surface area contributed by atoms with E-state index in [1.165, 1.54) is 17.8 Å². The Kier molecular flexibility index (Phi) is 4.78. The van der Waals surface area contributed by atoms with E-state index in [1.807, 2.05) is 24.4 Å². The van der Waals surface area contributed by atoms with E-state index in [4.69, 9.17) is 4.74 Å². The van der Waals surface area contributed by atoms with Gasteiger partial charge in [0.05, 0.1) is 18.7 Å². The minimum Gasteiger partial charge on any atom is -0.376 e. The molecule has 2 fully saturated rings. The number of thiazole rings is 1. The zero-order chi connectivity index (χ0) is 16.4. The number of nitrogens with zero attached hydrogens (tertiary/aromatic N) is 3. The van der Waals surface area contributed by atoms with Crippen molar-refractivity contribution in [1.82, 2.24) is 14.9 Å². The normalized spacial score (nSPS) is 27.6. The molecular weight excluding hydrogens is 320 g/mol. The first kappa shape index (κ1) is 16.0. The van der Waals surface area contributed by atoms with E-state index in [0.717, 1.165) is 37.8 Å². The molecule has 4 rings (SSSR count). The second-order valence-electron chi connectivity index (χ2n) is 6.78. The fraction of sp³-hybridized carbons (Fsp3) is 0.556. The maximum Gasteiger partial charge on any atom is 0.126 e. The second-order valence-corrected chi connectivity index (χ2v) is 7.72. The van der Waals surface area contributed by atoms with Gasteiger partial charge in [-0.2, -0.15) is 0 Å². The maximum absolute atomic E-state index is 6.14. The van der Waals surface area contributed by atoms with Gasteiger partial charge in [0.15, 0.2) is 0 Å². The SMILES string of the molecule is Cc1csc(CN2C[C@@H]3CCCO[C@@H]3[C@H](Nc3ccccn3)C2)n1. The number of ether oxygens (including phenoxy) is 1. The number of aryl methyl sites for hydroxylation is 1. The molecule has 128 valence electrons. The molecule has 1 N–H and O–H groups in total. The lowest BCUT2D eigenvalue weighted by Crippen LogP contribution is -2.57. The Morgan fingerprint density at radius 3 is 3.12 bits per heavy atom. The summed E-state index contributed by atoms with van der Waals surface area (Å²) in [4.78, 5) is 11.6. The van der Waals surface area contributed by atoms with Crippen LogP contribution in [0.3, 0.4) is 0 Å². The smallest absolute Gasteiger partial charge is 0.126 e. The van der Waals surface area contributed by atoms with E-state index >= 15 is 0 Å². The zero-order valence-electron chi connectivity index (χ0n) is 14.0. The van der Waals surface area contributed by atoms with Crippen LogP contribution in [0.25, 0.3) is 0 Å². The highest BCUT2D eigenvalue weighted by atomic mass is 32.1. The van der Waals surface area contributed by atoms with Crippen molar-refractivity contribution in [3.05, 3.63) is 40.5 Å². The number of likely N-dealkylation sites (tertiary alicyclic amines) is 1. The molecule has 24 heavy (non-hydrogen) atoms. The zero-order valence-corrected chi connectivity index (χ0v) is 14.8. The van der Waals surface area contributed by atoms with Crippen molar-refractivity contribution in [1.29, 1.82) is 0 Å². The molecule has 2 aliphatic heterocycles. The molecular formula is C18H24N4OS. The number of anilines is 1. The number of hydrogen-bond donors (Lipinski definition) is 1. The van der Waals surface area contributed by atoms with Gasteiger partial charge in [0.1, 0.15) is 10.8 Å². The highest BCUT2D eigenvalue weighted by Gasteiger charge is 2.39. The van der Waals surface area contributed by atoms with Crippen LogP contribution in [0.4, 0.5) is 5.82 Å². The van der Waals surface area contributed by atoms with Crippen molar-refractivity contribution in [3.8, 4) is 0 Å². The van der Waals surface area contributed by atoms with Gasteiger partial charge in [-0.15, -0.1) is 11.3 Å². The average molecular weight is 344 g/mol. The molecule has 2 saturated heterocycles. The molecule has 2 aromatic heterocycles. The third kappa shape index (κ3) is 3.61. The van der Waals surface area contributed by atoms with Gasteiger partial charge in [0.2, 0.25) is 0 Å². The fourth-order valence-electron chi connectivity index (χ4n) is 3.85. The van der Waals surface area contributed by atoms with Gasteiger partial charge >= 0.3 is 0 Å². The van der Waals surface area contributed by atoms with Crippen LogP contribution < -0.4 is 5.32 Å². The molecule has 2 aliphatic rings. The molecule has 2 aromatic rings. The Morgan fingerprint density at radius 2 is 2.33 bits per heavy atom. The molecule has 0 spiro atoms. The first-order valence-electron chi connectivity index (χ1n) is 8.70. The van der Waals surface area contributed by atoms with Crippen molar-refractivity contribution >= 4 is 17.2 Å². The topological polar surface area (TPSA) is 50.3 Å². The molecule has 0 saturated carbocycles. The molecule has 4 heterocycles. The summed E-state index contributed by atoms with van der Waals surface area (Å²) in [5.74, 6) is 1.53. The maximum atomic E-state index is 6.14. The van der Waals surface area contributed by atoms with Crippen LogP contribution in [0.15, 0.2) is 29.8 Å². The van der Waals surface area contributed by atoms with Gasteiger partial charge in [-0.3, -0.25) is 4.90 Å². The van der Waals surface area contributed by atoms with Crippen LogP contribution in [0.5, 0.6) is 0 Å². The Hall–Kier alpha value is -1.50. The van der Waals surface area contributed by atoms with Crippen LogP contribution >= 0.6 is 11.3 Å². The minimum atomic E-state index is 0.278. The molecule has 5 nitrogen and oxygen atoms in total. The lowest BCUT2D eigenvalue weighted by Gasteiger charge is -2.46. The summed E-state index contributed by atoms with van der Waals surface area (Å²) in [6.07, 6.45) is 4.54. The van der Waals surface area contributed by atoms with Crippen molar-refractivity contribution in [3.63, 3.8) is 0 Å². The van der Waals surface area contributed by atoms with Crippen molar-refractivity contribution in [2.45, 2.75) is 38.5 Å². The van der Waals surface area contributed by atoms with Crippen LogP contribution in [0.2, 0.25) is 0 Å². The van der Waals surface area contributed by atoms with Gasteiger partial charge in [-0.05, 0) is 37.8 Å². The molecule has 0 aliphatic carbocycles. The van der Waals surface area contributed by atoms with E-state index in [-0.39, 0.29) is 12.1 Å². The number of hydrogen-bond acceptors (Lipinski definition) is 6. The first-order valence-corrected chi connectivity index (χ1v) is 9.58. The summed E-state index contributed by atoms with van der Waals surface area (Å²) in [5, 5.41) is 6.95. The molecule has 6 heteroatoms. The minimum absolute atomic E-state index is 0.278. The summed E-state index contributed by atoms with van der Waals surface area (Å²) in [7, 11) is 0. The van der Waals surface area contributed by atoms with Crippen LogP contribution in [-0.4, -0.2) is 46.7 Å². The monoisotopic (exact) mass is 344 g/mol. The largest absolute Gasteiger partial charge is 0.376 e. The quantitative estimate of drug-likeness (QED) is 0.924. The Bertz CT molecular complexity index is 662. The van der Waals surface area contributed by atoms with Crippen molar-refractivity contribution < 1.29 is 4.74 Å². The number of nitrogens with one attached hydrogen (secondary N) is 1. The molecule has 0 radical (unpaired) electrons. The average Bonchev–Trinajstić information content (AvgIpc) is 3.01. The molecule has 3 atom stereocenters. The standard InChI is InChI=1S/C18H24N4OS/c1-13-12-24-17(20-13)11-22-9-14-5-4-8-23-18(14)15(10-22)21-16-6-2-3-7-19-16/h2-3,6-7,12,14-15,18H,4-5,8-11H2,1H3,(H,19,21)/t14-,15+,18-/m0/s1. The van der Waals surface area contributed by atoms with Crippen LogP contribution in [0, 0.1) is 12.8 Å². The van der Waals surface area contributed by atoms with Crippen molar-refractivity contribution in [2.24, 2.45) is 5.92 Å². The molecule has 0 bridgehead atoms. The predicted octanol–water partition coefficient (Wildman–Crippen LogP) is 2.94. The van der Waals surface area contributed by atoms with E-state index in [9.17, 15) is 0 Å². The molecule has 0 amide bonds. The Labute approximate surface area is 147 Å². The van der Waals surface area contributed by atoms with E-state index in [2.05, 4.69) is 32.5 Å². The van der Waals surface area contributed by atoms with Crippen LogP contribution in [0.1, 0.15) is 23.5 Å². The van der Waals surface area contributed by atoms with Gasteiger partial charge in [0.25, 0.3) is 0 Å². The third-order valence-corrected chi connectivity index (χ3v) is 5.81. The predicted molar refractivity (Wildman–Crippen MR) is 96.2 cm³/mol. The van der Waals surface area contributed by atoms with Gasteiger partial charge in [0, 0.05) is 37.0 Å². The van der Waals surface area contributed by atoms with Gasteiger partial charge in [-0.1, -0.05) is 6.07 Å². The lowest BCUT2D eigenvalue weighted by molar-refractivity contribution is -0.0747. The number of rotatable bonds is 4. The van der Waals surface area contributed by atoms with Gasteiger partial charge in [-0.25, -0.2) is 9.97 Å². The van der Waals surface area contributed by atoms with E-state index < -0.39 is 0 Å². The van der Waals surface area contributed by atoms with E-state index in [1.54, 1.807) is 11.3 Å². The number of fused-ring (bicyclic) bond motifs is 1. The number of piperidine rings is 1. The van der Waals surface area contributed by atoms with Crippen LogP contribution in [-0.2, 0) is 11.3 Å². The number of pyridine rings is 1. The van der Waals surface area contributed by atoms with Crippen molar-refractivity contribution in [2.75, 3.05) is 25.0 Å². The third-order valence-electron chi connectivity index (χ3n) is 4.86. The summed E-state index contributed by atoms with van der Waals surface area (Å²) in [6, 6.07) is 6.28. The molecule has 0 aromatic carbocycles. The lowest BCUT2D eigenvalue weighted by atomic mass is 9.85. The number of aromatic nitrogens is 2. The Morgan fingerprint density at radius 1 is 1.38 bits per heavy atom. The highest BCUT2D eigenvalue weighted by molar-refractivity contribution is 7.09. The fourth-order valence-corrected chi connectivity index (χ4v) is 4.67. The summed E-state index contributed by atoms with van der Waals surface area (Å²) in [5.41, 5.74) is 1.12. The Balaban J connectivity index is 1.49.